The summed E-state index contributed by atoms with van der Waals surface area (Å²) < 4.78 is 9.84. The topological polar surface area (TPSA) is 56.5 Å². The first-order valence-corrected chi connectivity index (χ1v) is 4.68. The fourth-order valence-corrected chi connectivity index (χ4v) is 1.38. The van der Waals surface area contributed by atoms with Crippen molar-refractivity contribution < 1.29 is 18.7 Å². The van der Waals surface area contributed by atoms with Crippen molar-refractivity contribution in [1.82, 2.24) is 0 Å². The van der Waals surface area contributed by atoms with E-state index in [0.717, 1.165) is 0 Å². The van der Waals surface area contributed by atoms with Crippen molar-refractivity contribution >= 4 is 11.6 Å². The molecule has 2 heterocycles. The molecule has 0 saturated heterocycles. The summed E-state index contributed by atoms with van der Waals surface area (Å²) in [5.74, 6) is -0.255. The Bertz CT molecular complexity index is 400. The maximum absolute atomic E-state index is 11.5. The summed E-state index contributed by atoms with van der Waals surface area (Å²) in [5.41, 5.74) is 0.579. The van der Waals surface area contributed by atoms with Gasteiger partial charge in [-0.1, -0.05) is 0 Å². The van der Waals surface area contributed by atoms with E-state index in [1.54, 1.807) is 12.1 Å². The highest BCUT2D eigenvalue weighted by Crippen LogP contribution is 2.14. The highest BCUT2D eigenvalue weighted by atomic mass is 16.5. The van der Waals surface area contributed by atoms with E-state index in [9.17, 15) is 9.59 Å². The molecule has 0 N–H and O–H groups in total. The van der Waals surface area contributed by atoms with E-state index in [4.69, 9.17) is 9.15 Å². The van der Waals surface area contributed by atoms with Crippen molar-refractivity contribution in [1.29, 1.82) is 0 Å². The Balaban J connectivity index is 1.97. The van der Waals surface area contributed by atoms with Gasteiger partial charge in [-0.05, 0) is 12.1 Å². The molecule has 0 aliphatic carbocycles. The summed E-state index contributed by atoms with van der Waals surface area (Å²) in [7, 11) is 0. The average Bonchev–Trinajstić information content (AvgIpc) is 2.91. The minimum Gasteiger partial charge on any atom is -0.500 e. The quantitative estimate of drug-likeness (QED) is 0.556. The highest BCUT2D eigenvalue weighted by Gasteiger charge is 2.19. The van der Waals surface area contributed by atoms with Crippen LogP contribution in [0, 0.1) is 0 Å². The predicted molar refractivity (Wildman–Crippen MR) is 51.3 cm³/mol. The number of carbonyl (C=O) groups excluding carboxylic acids is 2. The molecule has 0 bridgehead atoms. The van der Waals surface area contributed by atoms with E-state index >= 15 is 0 Å². The van der Waals surface area contributed by atoms with Crippen LogP contribution < -0.4 is 0 Å². The number of ketones is 2. The molecular weight excluding hydrogens is 196 g/mol. The van der Waals surface area contributed by atoms with Crippen LogP contribution in [0.1, 0.15) is 23.4 Å². The minimum absolute atomic E-state index is 0.150. The molecular formula is C11H10O4. The predicted octanol–water partition coefficient (Wildman–Crippen LogP) is 1.73. The van der Waals surface area contributed by atoms with Gasteiger partial charge < -0.3 is 9.15 Å². The Hall–Kier alpha value is -1.84. The van der Waals surface area contributed by atoms with Crippen LogP contribution in [0.3, 0.4) is 0 Å². The van der Waals surface area contributed by atoms with E-state index in [1.165, 1.54) is 12.5 Å². The van der Waals surface area contributed by atoms with Crippen LogP contribution in [0.15, 0.2) is 34.6 Å². The highest BCUT2D eigenvalue weighted by molar-refractivity contribution is 6.12. The third-order valence-electron chi connectivity index (χ3n) is 2.19. The van der Waals surface area contributed by atoms with Crippen molar-refractivity contribution in [2.24, 2.45) is 0 Å². The average molecular weight is 206 g/mol. The molecule has 78 valence electrons. The lowest BCUT2D eigenvalue weighted by Crippen LogP contribution is -2.09. The van der Waals surface area contributed by atoms with Crippen molar-refractivity contribution in [3.05, 3.63) is 36.0 Å². The van der Waals surface area contributed by atoms with Crippen LogP contribution in [0.5, 0.6) is 0 Å². The van der Waals surface area contributed by atoms with Crippen LogP contribution >= 0.6 is 0 Å². The first-order valence-electron chi connectivity index (χ1n) is 4.68. The fraction of sp³-hybridized carbons (Fsp3) is 0.273. The van der Waals surface area contributed by atoms with Gasteiger partial charge in [0.1, 0.15) is 0 Å². The molecule has 0 atom stereocenters. The van der Waals surface area contributed by atoms with Crippen LogP contribution in [0.25, 0.3) is 0 Å². The van der Waals surface area contributed by atoms with Crippen LogP contribution in [0.2, 0.25) is 0 Å². The second-order valence-electron chi connectivity index (χ2n) is 3.26. The fourth-order valence-electron chi connectivity index (χ4n) is 1.38. The minimum atomic E-state index is -0.294. The van der Waals surface area contributed by atoms with Crippen LogP contribution in [-0.2, 0) is 9.53 Å². The molecule has 4 nitrogen and oxygen atoms in total. The zero-order valence-corrected chi connectivity index (χ0v) is 8.06. The van der Waals surface area contributed by atoms with E-state index in [-0.39, 0.29) is 23.7 Å². The molecule has 1 aliphatic rings. The standard InChI is InChI=1S/C11H10O4/c12-9(8-3-5-14-7-8)6-10(13)11-2-1-4-15-11/h1-2,4,7H,3,5-6H2. The van der Waals surface area contributed by atoms with Crippen LogP contribution in [0.4, 0.5) is 0 Å². The van der Waals surface area contributed by atoms with E-state index in [2.05, 4.69) is 0 Å². The number of hydrogen-bond donors (Lipinski definition) is 0. The Labute approximate surface area is 86.5 Å². The van der Waals surface area contributed by atoms with Gasteiger partial charge in [0, 0.05) is 12.0 Å². The number of ether oxygens (including phenoxy) is 1. The van der Waals surface area contributed by atoms with E-state index < -0.39 is 0 Å². The molecule has 15 heavy (non-hydrogen) atoms. The van der Waals surface area contributed by atoms with Gasteiger partial charge in [-0.25, -0.2) is 0 Å². The summed E-state index contributed by atoms with van der Waals surface area (Å²) >= 11 is 0. The first-order chi connectivity index (χ1) is 7.27. The summed E-state index contributed by atoms with van der Waals surface area (Å²) in [4.78, 5) is 23.0. The molecule has 0 amide bonds. The Morgan fingerprint density at radius 1 is 1.33 bits per heavy atom. The number of hydrogen-bond acceptors (Lipinski definition) is 4. The van der Waals surface area contributed by atoms with Gasteiger partial charge in [0.05, 0.1) is 25.6 Å². The molecule has 0 aromatic carbocycles. The van der Waals surface area contributed by atoms with Gasteiger partial charge in [0.25, 0.3) is 0 Å². The molecule has 1 aromatic heterocycles. The molecule has 2 rings (SSSR count). The van der Waals surface area contributed by atoms with Gasteiger partial charge in [-0.3, -0.25) is 9.59 Å². The van der Waals surface area contributed by atoms with Crippen LogP contribution in [-0.4, -0.2) is 18.2 Å². The molecule has 0 unspecified atom stereocenters. The smallest absolute Gasteiger partial charge is 0.205 e. The van der Waals surface area contributed by atoms with Crippen molar-refractivity contribution in [3.63, 3.8) is 0 Å². The largest absolute Gasteiger partial charge is 0.500 e. The van der Waals surface area contributed by atoms with Gasteiger partial charge in [0.2, 0.25) is 5.78 Å². The maximum Gasteiger partial charge on any atom is 0.205 e. The zero-order valence-electron chi connectivity index (χ0n) is 8.06. The summed E-state index contributed by atoms with van der Waals surface area (Å²) in [6.07, 6.45) is 3.28. The summed E-state index contributed by atoms with van der Waals surface area (Å²) in [5, 5.41) is 0. The number of furan rings is 1. The molecule has 0 radical (unpaired) electrons. The van der Waals surface area contributed by atoms with Crippen molar-refractivity contribution in [2.45, 2.75) is 12.8 Å². The Morgan fingerprint density at radius 3 is 2.80 bits per heavy atom. The number of carbonyl (C=O) groups is 2. The first kappa shape index (κ1) is 9.71. The van der Waals surface area contributed by atoms with E-state index in [1.807, 2.05) is 0 Å². The Morgan fingerprint density at radius 2 is 2.20 bits per heavy atom. The number of Topliss-reactive ketones (excluding diaryl/α,β-unsaturated/α-hetero) is 2. The normalized spacial score (nSPS) is 14.5. The monoisotopic (exact) mass is 206 g/mol. The second kappa shape index (κ2) is 4.13. The molecule has 0 saturated carbocycles. The summed E-state index contributed by atoms with van der Waals surface area (Å²) in [6, 6.07) is 3.17. The SMILES string of the molecule is O=C(CC(=O)c1ccco1)C1=COCC1. The zero-order chi connectivity index (χ0) is 10.7. The third kappa shape index (κ3) is 2.15. The Kier molecular flexibility index (Phi) is 2.67. The maximum atomic E-state index is 11.5. The summed E-state index contributed by atoms with van der Waals surface area (Å²) in [6.45, 7) is 0.524. The molecule has 1 aromatic rings. The lowest BCUT2D eigenvalue weighted by molar-refractivity contribution is -0.114. The van der Waals surface area contributed by atoms with Gasteiger partial charge in [-0.15, -0.1) is 0 Å². The van der Waals surface area contributed by atoms with Gasteiger partial charge in [-0.2, -0.15) is 0 Å². The van der Waals surface area contributed by atoms with Crippen molar-refractivity contribution in [2.75, 3.05) is 6.61 Å². The van der Waals surface area contributed by atoms with Gasteiger partial charge >= 0.3 is 0 Å². The van der Waals surface area contributed by atoms with Crippen molar-refractivity contribution in [3.8, 4) is 0 Å². The third-order valence-corrected chi connectivity index (χ3v) is 2.19. The lowest BCUT2D eigenvalue weighted by Gasteiger charge is -1.96. The number of rotatable bonds is 4. The van der Waals surface area contributed by atoms with E-state index in [0.29, 0.717) is 18.6 Å². The lowest BCUT2D eigenvalue weighted by atomic mass is 10.1. The molecule has 0 spiro atoms. The molecule has 4 heteroatoms. The molecule has 0 fully saturated rings. The molecule has 1 aliphatic heterocycles. The van der Waals surface area contributed by atoms with Gasteiger partial charge in [0.15, 0.2) is 11.5 Å². The second-order valence-corrected chi connectivity index (χ2v) is 3.26.